The molecule has 2 aliphatic rings. The summed E-state index contributed by atoms with van der Waals surface area (Å²) in [5.41, 5.74) is 0.362. The topological polar surface area (TPSA) is 49.3 Å². The van der Waals surface area contributed by atoms with Crippen LogP contribution in [-0.4, -0.2) is 23.7 Å². The first-order chi connectivity index (χ1) is 7.14. The average Bonchev–Trinajstić information content (AvgIpc) is 2.90. The summed E-state index contributed by atoms with van der Waals surface area (Å²) in [6, 6.07) is 0. The van der Waals surface area contributed by atoms with Crippen molar-refractivity contribution >= 4 is 5.91 Å². The third-order valence-corrected chi connectivity index (χ3v) is 3.93. The zero-order valence-electron chi connectivity index (χ0n) is 9.46. The maximum absolute atomic E-state index is 11.8. The van der Waals surface area contributed by atoms with Gasteiger partial charge in [-0.1, -0.05) is 19.3 Å². The van der Waals surface area contributed by atoms with Crippen LogP contribution in [0, 0.1) is 11.3 Å². The second kappa shape index (κ2) is 4.12. The maximum Gasteiger partial charge on any atom is 0.223 e. The minimum absolute atomic E-state index is 0.165. The molecule has 2 N–H and O–H groups in total. The van der Waals surface area contributed by atoms with Crippen molar-refractivity contribution < 1.29 is 9.90 Å². The van der Waals surface area contributed by atoms with E-state index >= 15 is 0 Å². The highest BCUT2D eigenvalue weighted by atomic mass is 16.3. The van der Waals surface area contributed by atoms with Crippen LogP contribution < -0.4 is 5.32 Å². The van der Waals surface area contributed by atoms with Gasteiger partial charge in [0.2, 0.25) is 5.91 Å². The number of amides is 1. The third-order valence-electron chi connectivity index (χ3n) is 3.93. The van der Waals surface area contributed by atoms with Crippen LogP contribution in [0.5, 0.6) is 0 Å². The normalized spacial score (nSPS) is 29.9. The molecule has 3 nitrogen and oxygen atoms in total. The average molecular weight is 211 g/mol. The second-order valence-electron chi connectivity index (χ2n) is 5.27. The van der Waals surface area contributed by atoms with E-state index in [0.29, 0.717) is 12.0 Å². The van der Waals surface area contributed by atoms with Crippen molar-refractivity contribution in [1.29, 1.82) is 0 Å². The lowest BCUT2D eigenvalue weighted by Crippen LogP contribution is -2.33. The van der Waals surface area contributed by atoms with Crippen LogP contribution in [0.4, 0.5) is 0 Å². The van der Waals surface area contributed by atoms with Crippen molar-refractivity contribution in [2.75, 3.05) is 6.54 Å². The van der Waals surface area contributed by atoms with Gasteiger partial charge in [0.15, 0.2) is 0 Å². The molecule has 0 heterocycles. The monoisotopic (exact) mass is 211 g/mol. The van der Waals surface area contributed by atoms with Gasteiger partial charge in [-0.25, -0.2) is 0 Å². The Balaban J connectivity index is 1.79. The Kier molecular flexibility index (Phi) is 3.01. The van der Waals surface area contributed by atoms with Crippen LogP contribution in [-0.2, 0) is 4.79 Å². The Labute approximate surface area is 91.2 Å². The Morgan fingerprint density at radius 1 is 1.47 bits per heavy atom. The van der Waals surface area contributed by atoms with Crippen molar-refractivity contribution in [3.05, 3.63) is 0 Å². The molecule has 2 fully saturated rings. The highest BCUT2D eigenvalue weighted by Crippen LogP contribution is 2.61. The van der Waals surface area contributed by atoms with Crippen LogP contribution in [0.2, 0.25) is 0 Å². The molecule has 0 aromatic heterocycles. The van der Waals surface area contributed by atoms with Gasteiger partial charge in [0, 0.05) is 12.5 Å². The molecule has 2 atom stereocenters. The lowest BCUT2D eigenvalue weighted by molar-refractivity contribution is -0.123. The molecule has 15 heavy (non-hydrogen) atoms. The maximum atomic E-state index is 11.8. The zero-order valence-corrected chi connectivity index (χ0v) is 9.46. The van der Waals surface area contributed by atoms with E-state index in [9.17, 15) is 4.79 Å². The van der Waals surface area contributed by atoms with Crippen molar-refractivity contribution in [2.45, 2.75) is 51.6 Å². The van der Waals surface area contributed by atoms with E-state index in [2.05, 4.69) is 5.32 Å². The highest BCUT2D eigenvalue weighted by Gasteiger charge is 2.57. The molecule has 2 saturated carbocycles. The summed E-state index contributed by atoms with van der Waals surface area (Å²) in [4.78, 5) is 11.8. The SMILES string of the molecule is CC(O)CNC(=O)[C@H]1CC12CCCCC2. The molecular weight excluding hydrogens is 190 g/mol. The fraction of sp³-hybridized carbons (Fsp3) is 0.917. The number of hydrogen-bond donors (Lipinski definition) is 2. The van der Waals surface area contributed by atoms with Gasteiger partial charge in [-0.05, 0) is 31.6 Å². The Morgan fingerprint density at radius 3 is 2.73 bits per heavy atom. The quantitative estimate of drug-likeness (QED) is 0.742. The minimum Gasteiger partial charge on any atom is -0.392 e. The molecule has 1 spiro atoms. The first kappa shape index (κ1) is 10.9. The lowest BCUT2D eigenvalue weighted by atomic mass is 9.84. The summed E-state index contributed by atoms with van der Waals surface area (Å²) < 4.78 is 0. The van der Waals surface area contributed by atoms with E-state index in [0.717, 1.165) is 6.42 Å². The molecular formula is C12H21NO2. The number of aliphatic hydroxyl groups excluding tert-OH is 1. The van der Waals surface area contributed by atoms with E-state index < -0.39 is 6.10 Å². The van der Waals surface area contributed by atoms with Crippen molar-refractivity contribution in [3.8, 4) is 0 Å². The first-order valence-electron chi connectivity index (χ1n) is 6.10. The van der Waals surface area contributed by atoms with E-state index in [4.69, 9.17) is 5.11 Å². The molecule has 2 rings (SSSR count). The first-order valence-corrected chi connectivity index (χ1v) is 6.10. The molecule has 0 aliphatic heterocycles. The molecule has 1 unspecified atom stereocenters. The third kappa shape index (κ3) is 2.33. The van der Waals surface area contributed by atoms with Crippen LogP contribution in [0.1, 0.15) is 45.4 Å². The van der Waals surface area contributed by atoms with Crippen LogP contribution in [0.3, 0.4) is 0 Å². The number of aliphatic hydroxyl groups is 1. The number of rotatable bonds is 3. The van der Waals surface area contributed by atoms with Gasteiger partial charge < -0.3 is 10.4 Å². The fourth-order valence-corrected chi connectivity index (χ4v) is 2.90. The van der Waals surface area contributed by atoms with Gasteiger partial charge in [-0.15, -0.1) is 0 Å². The summed E-state index contributed by atoms with van der Waals surface area (Å²) in [6.45, 7) is 2.09. The van der Waals surface area contributed by atoms with E-state index in [-0.39, 0.29) is 11.8 Å². The smallest absolute Gasteiger partial charge is 0.223 e. The summed E-state index contributed by atoms with van der Waals surface area (Å²) in [5, 5.41) is 11.9. The molecule has 3 heteroatoms. The van der Waals surface area contributed by atoms with E-state index in [1.54, 1.807) is 6.92 Å². The van der Waals surface area contributed by atoms with Crippen LogP contribution in [0.25, 0.3) is 0 Å². The molecule has 0 aromatic rings. The Hall–Kier alpha value is -0.570. The molecule has 0 radical (unpaired) electrons. The van der Waals surface area contributed by atoms with E-state index in [1.807, 2.05) is 0 Å². The zero-order chi connectivity index (χ0) is 10.9. The number of hydrogen-bond acceptors (Lipinski definition) is 2. The van der Waals surface area contributed by atoms with Crippen molar-refractivity contribution in [1.82, 2.24) is 5.32 Å². The second-order valence-corrected chi connectivity index (χ2v) is 5.27. The Bertz CT molecular complexity index is 244. The standard InChI is InChI=1S/C12H21NO2/c1-9(14)8-13-11(15)10-7-12(10)5-3-2-4-6-12/h9-10,14H,2-8H2,1H3,(H,13,15)/t9?,10-/m1/s1. The molecule has 0 saturated heterocycles. The lowest BCUT2D eigenvalue weighted by Gasteiger charge is -2.22. The van der Waals surface area contributed by atoms with Gasteiger partial charge in [0.1, 0.15) is 0 Å². The predicted octanol–water partition coefficient (Wildman–Crippen LogP) is 1.45. The Morgan fingerprint density at radius 2 is 2.13 bits per heavy atom. The van der Waals surface area contributed by atoms with Crippen LogP contribution in [0.15, 0.2) is 0 Å². The minimum atomic E-state index is -0.435. The highest BCUT2D eigenvalue weighted by molar-refractivity contribution is 5.82. The van der Waals surface area contributed by atoms with Gasteiger partial charge in [0.05, 0.1) is 6.10 Å². The fourth-order valence-electron chi connectivity index (χ4n) is 2.90. The largest absolute Gasteiger partial charge is 0.392 e. The van der Waals surface area contributed by atoms with Crippen LogP contribution >= 0.6 is 0 Å². The summed E-state index contributed by atoms with van der Waals surface area (Å²) in [6.07, 6.45) is 7.04. The summed E-state index contributed by atoms with van der Waals surface area (Å²) >= 11 is 0. The molecule has 86 valence electrons. The van der Waals surface area contributed by atoms with Gasteiger partial charge in [-0.3, -0.25) is 4.79 Å². The van der Waals surface area contributed by atoms with Gasteiger partial charge in [0.25, 0.3) is 0 Å². The summed E-state index contributed by atoms with van der Waals surface area (Å²) in [5.74, 6) is 0.411. The number of nitrogens with one attached hydrogen (secondary N) is 1. The van der Waals surface area contributed by atoms with Gasteiger partial charge >= 0.3 is 0 Å². The van der Waals surface area contributed by atoms with Gasteiger partial charge in [-0.2, -0.15) is 0 Å². The molecule has 0 bridgehead atoms. The number of carbonyl (C=O) groups is 1. The van der Waals surface area contributed by atoms with Crippen molar-refractivity contribution in [3.63, 3.8) is 0 Å². The van der Waals surface area contributed by atoms with E-state index in [1.165, 1.54) is 32.1 Å². The number of carbonyl (C=O) groups excluding carboxylic acids is 1. The summed E-state index contributed by atoms with van der Waals surface area (Å²) in [7, 11) is 0. The van der Waals surface area contributed by atoms with Crippen molar-refractivity contribution in [2.24, 2.45) is 11.3 Å². The predicted molar refractivity (Wildman–Crippen MR) is 58.3 cm³/mol. The molecule has 0 aromatic carbocycles. The molecule has 1 amide bonds. The molecule has 2 aliphatic carbocycles.